The van der Waals surface area contributed by atoms with Crippen LogP contribution in [0.15, 0.2) is 285 Å². The van der Waals surface area contributed by atoms with Crippen molar-refractivity contribution in [3.05, 3.63) is 285 Å². The van der Waals surface area contributed by atoms with Crippen LogP contribution >= 0.6 is 11.3 Å². The van der Waals surface area contributed by atoms with E-state index in [1.807, 2.05) is 11.3 Å². The van der Waals surface area contributed by atoms with E-state index in [1.54, 1.807) is 0 Å². The van der Waals surface area contributed by atoms with E-state index >= 15 is 0 Å². The van der Waals surface area contributed by atoms with Gasteiger partial charge in [-0.15, -0.1) is 11.3 Å². The van der Waals surface area contributed by atoms with Gasteiger partial charge in [-0.2, -0.15) is 0 Å². The summed E-state index contributed by atoms with van der Waals surface area (Å²) in [7, 11) is 0. The molecule has 0 saturated heterocycles. The first-order valence-electron chi connectivity index (χ1n) is 27.9. The molecule has 17 rings (SSSR count). The number of thiophene rings is 1. The number of hydrogen-bond acceptors (Lipinski definition) is 3. The Morgan fingerprint density at radius 1 is 0.268 bits per heavy atom. The lowest BCUT2D eigenvalue weighted by molar-refractivity contribution is 1.16. The minimum atomic E-state index is 0.639. The van der Waals surface area contributed by atoms with Crippen LogP contribution in [0.3, 0.4) is 0 Å². The van der Waals surface area contributed by atoms with Gasteiger partial charge in [0.05, 0.1) is 50.2 Å². The number of hydrogen-bond donors (Lipinski definition) is 0. The summed E-state index contributed by atoms with van der Waals surface area (Å²) >= 11 is 1.88. The first-order valence-corrected chi connectivity index (χ1v) is 28.7. The van der Waals surface area contributed by atoms with E-state index in [2.05, 4.69) is 299 Å². The van der Waals surface area contributed by atoms with Crippen molar-refractivity contribution in [3.8, 4) is 73.2 Å². The number of benzene rings is 12. The molecule has 0 aliphatic carbocycles. The van der Waals surface area contributed by atoms with Gasteiger partial charge in [0, 0.05) is 91.7 Å². The standard InChI is InChI=1S/C76H47N5S/c1-3-21-48(22-4-1)64-47-65(49-23-5-2-6-24-49)78-76(77-64)52-45-62(50-25-19-27-53(43-50)79-66-35-13-7-29-55(66)56-30-8-14-36-67(56)79)74(81-70-39-17-11-34-61(70)73-71(81)42-41-60-59-33-12-18-40-72(59)82-75(60)73)63(46-52)51-26-20-28-54(44-51)80-68-37-15-9-31-57(68)58-32-10-16-38-69(58)80/h1-47H. The number of aromatic nitrogens is 5. The quantitative estimate of drug-likeness (QED) is 0.152. The van der Waals surface area contributed by atoms with Gasteiger partial charge in [0.25, 0.3) is 0 Å². The van der Waals surface area contributed by atoms with Crippen molar-refractivity contribution in [1.82, 2.24) is 23.7 Å². The van der Waals surface area contributed by atoms with Crippen molar-refractivity contribution >= 4 is 96.9 Å². The van der Waals surface area contributed by atoms with Crippen LogP contribution in [-0.4, -0.2) is 23.7 Å². The molecular formula is C76H47N5S. The average Bonchev–Trinajstić information content (AvgIpc) is 3.31. The summed E-state index contributed by atoms with van der Waals surface area (Å²) in [6.07, 6.45) is 0. The molecule has 5 nitrogen and oxygen atoms in total. The third kappa shape index (κ3) is 7.18. The Morgan fingerprint density at radius 2 is 0.683 bits per heavy atom. The van der Waals surface area contributed by atoms with Gasteiger partial charge < -0.3 is 13.7 Å². The zero-order valence-corrected chi connectivity index (χ0v) is 45.1. The van der Waals surface area contributed by atoms with Gasteiger partial charge in [-0.25, -0.2) is 9.97 Å². The van der Waals surface area contributed by atoms with Gasteiger partial charge in [0.15, 0.2) is 5.82 Å². The Kier molecular flexibility index (Phi) is 10.4. The minimum Gasteiger partial charge on any atom is -0.309 e. The average molecular weight is 1060 g/mol. The van der Waals surface area contributed by atoms with E-state index in [0.29, 0.717) is 5.82 Å². The lowest BCUT2D eigenvalue weighted by Gasteiger charge is -2.22. The maximum absolute atomic E-state index is 5.54. The summed E-state index contributed by atoms with van der Waals surface area (Å²) in [6, 6.07) is 104. The molecule has 0 fully saturated rings. The van der Waals surface area contributed by atoms with Gasteiger partial charge in [0.1, 0.15) is 0 Å². The molecule has 0 N–H and O–H groups in total. The van der Waals surface area contributed by atoms with Crippen LogP contribution in [0.25, 0.3) is 159 Å². The van der Waals surface area contributed by atoms with Crippen LogP contribution in [0.4, 0.5) is 0 Å². The van der Waals surface area contributed by atoms with Crippen molar-refractivity contribution in [2.24, 2.45) is 0 Å². The fraction of sp³-hybridized carbons (Fsp3) is 0. The first-order chi connectivity index (χ1) is 40.7. The molecule has 17 aromatic rings. The minimum absolute atomic E-state index is 0.639. The molecule has 0 saturated carbocycles. The number of fused-ring (bicyclic) bond motifs is 13. The van der Waals surface area contributed by atoms with E-state index in [-0.39, 0.29) is 0 Å². The highest BCUT2D eigenvalue weighted by Crippen LogP contribution is 2.48. The predicted molar refractivity (Wildman–Crippen MR) is 345 cm³/mol. The highest BCUT2D eigenvalue weighted by molar-refractivity contribution is 7.26. The van der Waals surface area contributed by atoms with Crippen molar-refractivity contribution in [2.75, 3.05) is 0 Å². The van der Waals surface area contributed by atoms with Crippen molar-refractivity contribution in [3.63, 3.8) is 0 Å². The Hall–Kier alpha value is -10.7. The lowest BCUT2D eigenvalue weighted by atomic mass is 9.91. The largest absolute Gasteiger partial charge is 0.309 e. The van der Waals surface area contributed by atoms with Gasteiger partial charge in [-0.05, 0) is 96.1 Å². The van der Waals surface area contributed by atoms with E-state index in [9.17, 15) is 0 Å². The van der Waals surface area contributed by atoms with E-state index in [1.165, 1.54) is 52.5 Å². The Balaban J connectivity index is 1.02. The normalized spacial score (nSPS) is 11.9. The summed E-state index contributed by atoms with van der Waals surface area (Å²) in [4.78, 5) is 11.1. The lowest BCUT2D eigenvalue weighted by Crippen LogP contribution is -2.04. The van der Waals surface area contributed by atoms with Gasteiger partial charge in [-0.3, -0.25) is 0 Å². The maximum atomic E-state index is 5.54. The molecule has 0 atom stereocenters. The molecular weight excluding hydrogens is 1010 g/mol. The first kappa shape index (κ1) is 46.3. The van der Waals surface area contributed by atoms with E-state index in [4.69, 9.17) is 9.97 Å². The summed E-state index contributed by atoms with van der Waals surface area (Å²) < 4.78 is 9.97. The van der Waals surface area contributed by atoms with E-state index in [0.717, 1.165) is 100 Å². The Morgan fingerprint density at radius 3 is 1.18 bits per heavy atom. The number of rotatable bonds is 8. The van der Waals surface area contributed by atoms with Crippen molar-refractivity contribution < 1.29 is 0 Å². The Bertz CT molecular complexity index is 5070. The summed E-state index contributed by atoms with van der Waals surface area (Å²) in [5.74, 6) is 0.639. The van der Waals surface area contributed by atoms with Gasteiger partial charge in [0.2, 0.25) is 0 Å². The van der Waals surface area contributed by atoms with Crippen molar-refractivity contribution in [2.45, 2.75) is 0 Å². The fourth-order valence-corrected chi connectivity index (χ4v) is 14.3. The third-order valence-corrected chi connectivity index (χ3v) is 17.8. The molecule has 5 heterocycles. The smallest absolute Gasteiger partial charge is 0.160 e. The van der Waals surface area contributed by atoms with Crippen molar-refractivity contribution in [1.29, 1.82) is 0 Å². The topological polar surface area (TPSA) is 40.6 Å². The monoisotopic (exact) mass is 1060 g/mol. The van der Waals surface area contributed by atoms with Crippen LogP contribution in [-0.2, 0) is 0 Å². The molecule has 5 aromatic heterocycles. The predicted octanol–water partition coefficient (Wildman–Crippen LogP) is 20.5. The maximum Gasteiger partial charge on any atom is 0.160 e. The zero-order chi connectivity index (χ0) is 53.8. The van der Waals surface area contributed by atoms with E-state index < -0.39 is 0 Å². The fourth-order valence-electron chi connectivity index (χ4n) is 13.0. The second-order valence-electron chi connectivity index (χ2n) is 21.2. The van der Waals surface area contributed by atoms with Gasteiger partial charge >= 0.3 is 0 Å². The van der Waals surface area contributed by atoms with Crippen LogP contribution in [0.5, 0.6) is 0 Å². The molecule has 0 radical (unpaired) electrons. The molecule has 382 valence electrons. The third-order valence-electron chi connectivity index (χ3n) is 16.6. The summed E-state index contributed by atoms with van der Waals surface area (Å²) in [5, 5.41) is 9.90. The molecule has 0 bridgehead atoms. The van der Waals surface area contributed by atoms with Crippen LogP contribution in [0.2, 0.25) is 0 Å². The summed E-state index contributed by atoms with van der Waals surface area (Å²) in [5.41, 5.74) is 19.0. The molecule has 0 amide bonds. The second-order valence-corrected chi connectivity index (χ2v) is 22.3. The number of nitrogens with zero attached hydrogens (tertiary/aromatic N) is 5. The molecule has 0 spiro atoms. The second kappa shape index (κ2) is 18.5. The number of para-hydroxylation sites is 5. The molecule has 0 unspecified atom stereocenters. The SMILES string of the molecule is c1ccc(-c2cc(-c3ccccc3)nc(-c3cc(-c4cccc(-n5c6ccccc6c6ccccc65)c4)c(-n4c5ccccc5c5c6sc7ccccc7c6ccc54)c(-c4cccc(-n5c6ccccc6c6ccccc65)c4)c3)n2)cc1. The van der Waals surface area contributed by atoms with Crippen LogP contribution < -0.4 is 0 Å². The zero-order valence-electron chi connectivity index (χ0n) is 44.3. The van der Waals surface area contributed by atoms with Gasteiger partial charge in [-0.1, -0.05) is 200 Å². The summed E-state index contributed by atoms with van der Waals surface area (Å²) in [6.45, 7) is 0. The molecule has 12 aromatic carbocycles. The van der Waals surface area contributed by atoms with Crippen LogP contribution in [0, 0.1) is 0 Å². The molecule has 82 heavy (non-hydrogen) atoms. The highest BCUT2D eigenvalue weighted by Gasteiger charge is 2.26. The highest BCUT2D eigenvalue weighted by atomic mass is 32.1. The molecule has 0 aliphatic heterocycles. The molecule has 0 aliphatic rings. The Labute approximate surface area is 476 Å². The van der Waals surface area contributed by atoms with Crippen LogP contribution in [0.1, 0.15) is 0 Å². The molecule has 6 heteroatoms.